The second-order valence-electron chi connectivity index (χ2n) is 8.60. The third-order valence-electron chi connectivity index (χ3n) is 4.20. The fraction of sp³-hybridized carbons (Fsp3) is 1.00. The molecule has 39 heavy (non-hydrogen) atoms. The molecule has 0 saturated carbocycles. The molecule has 0 aromatic heterocycles. The van der Waals surface area contributed by atoms with Crippen molar-refractivity contribution in [1.29, 1.82) is 0 Å². The molecule has 0 aliphatic rings. The van der Waals surface area contributed by atoms with Crippen molar-refractivity contribution in [2.45, 2.75) is 128 Å². The van der Waals surface area contributed by atoms with E-state index in [0.29, 0.717) is 57.2 Å². The van der Waals surface area contributed by atoms with E-state index in [1.165, 1.54) is 0 Å². The van der Waals surface area contributed by atoms with Gasteiger partial charge in [-0.2, -0.15) is 0 Å². The number of nitrogens with two attached hydrogens (primary N) is 2. The smallest absolute Gasteiger partial charge is 0.438 e. The van der Waals surface area contributed by atoms with Crippen LogP contribution in [-0.2, 0) is 26.2 Å². The van der Waals surface area contributed by atoms with Crippen LogP contribution in [0.2, 0.25) is 23.2 Å². The van der Waals surface area contributed by atoms with Gasteiger partial charge in [-0.25, -0.2) is 0 Å². The van der Waals surface area contributed by atoms with Crippen molar-refractivity contribution < 1.29 is 31.0 Å². The lowest BCUT2D eigenvalue weighted by Gasteiger charge is -2.30. The van der Waals surface area contributed by atoms with Gasteiger partial charge in [-0.15, -0.1) is 0 Å². The molecule has 13 heteroatoms. The lowest BCUT2D eigenvalue weighted by atomic mass is 10.5. The van der Waals surface area contributed by atoms with Crippen LogP contribution >= 0.6 is 0 Å². The highest BCUT2D eigenvalue weighted by molar-refractivity contribution is 6.66. The first kappa shape index (κ1) is 55.4. The summed E-state index contributed by atoms with van der Waals surface area (Å²) in [6.45, 7) is 22.8. The molecule has 0 aliphatic carbocycles. The minimum absolute atomic E-state index is 0. The van der Waals surface area contributed by atoms with E-state index in [9.17, 15) is 0 Å². The highest BCUT2D eigenvalue weighted by Crippen LogP contribution is 2.19. The van der Waals surface area contributed by atoms with Crippen LogP contribution in [0.5, 0.6) is 0 Å². The van der Waals surface area contributed by atoms with E-state index >= 15 is 0 Å². The molecule has 0 aliphatic heterocycles. The standard InChI is InChI=1S/C10H27NO3Si2.C9H23NO3Si.C3H10OSi.4CH4/c1-5-12-16(13-6-2,9-7-8-11)14-15-10(3)4;1-4-11-14(12-5-2,13-6-3)9-7-8-10;1-3(2)5-4;;;;/h10H,5-9,11,15H2,1-4H3;4-10H2,1-3H3;3-4H,5H2,1-2H3;4*1H4. The number of hydrogen-bond donors (Lipinski definition) is 3. The first-order chi connectivity index (χ1) is 16.6. The molecule has 0 aromatic carbocycles. The largest absolute Gasteiger partial charge is 0.500 e. The Morgan fingerprint density at radius 2 is 0.872 bits per heavy atom. The summed E-state index contributed by atoms with van der Waals surface area (Å²) in [5.41, 5.74) is 12.2. The normalized spacial score (nSPS) is 11.2. The summed E-state index contributed by atoms with van der Waals surface area (Å²) in [7, 11) is -6.00. The Labute approximate surface area is 253 Å². The predicted molar refractivity (Wildman–Crippen MR) is 184 cm³/mol. The van der Waals surface area contributed by atoms with Gasteiger partial charge in [0.2, 0.25) is 0 Å². The van der Waals surface area contributed by atoms with Crippen molar-refractivity contribution in [1.82, 2.24) is 0 Å². The Morgan fingerprint density at radius 1 is 0.590 bits per heavy atom. The maximum absolute atomic E-state index is 8.28. The zero-order valence-electron chi connectivity index (χ0n) is 24.4. The summed E-state index contributed by atoms with van der Waals surface area (Å²) in [4.78, 5) is 8.28. The SMILES string of the molecule is C.C.C.C.CC(C)[SiH2]O.CCO[Si](CCCN)(OCC)OCC.CCO[Si](CCCN)(OCC)O[SiH2]C(C)C. The lowest BCUT2D eigenvalue weighted by Crippen LogP contribution is -2.47. The minimum atomic E-state index is -2.40. The number of hydrogen-bond acceptors (Lipinski definition) is 9. The van der Waals surface area contributed by atoms with E-state index < -0.39 is 37.1 Å². The summed E-state index contributed by atoms with van der Waals surface area (Å²) in [6, 6.07) is 1.67. The van der Waals surface area contributed by atoms with Crippen LogP contribution in [0.15, 0.2) is 0 Å². The Balaban J connectivity index is -0.0000000825. The molecule has 0 atom stereocenters. The molecule has 0 rings (SSSR count). The van der Waals surface area contributed by atoms with Crippen LogP contribution in [-0.4, -0.2) is 88.1 Å². The molecule has 0 unspecified atom stereocenters. The van der Waals surface area contributed by atoms with Gasteiger partial charge in [0, 0.05) is 45.1 Å². The van der Waals surface area contributed by atoms with Gasteiger partial charge < -0.3 is 42.5 Å². The fourth-order valence-electron chi connectivity index (χ4n) is 2.71. The molecule has 0 fully saturated rings. The Kier molecular flexibility index (Phi) is 54.7. The quantitative estimate of drug-likeness (QED) is 0.156. The summed E-state index contributed by atoms with van der Waals surface area (Å²) in [5, 5.41) is 0. The molecule has 248 valence electrons. The Bertz CT molecular complexity index is 409. The summed E-state index contributed by atoms with van der Waals surface area (Å²) in [6.07, 6.45) is 1.81. The van der Waals surface area contributed by atoms with Crippen molar-refractivity contribution in [2.75, 3.05) is 46.1 Å². The van der Waals surface area contributed by atoms with Crippen molar-refractivity contribution in [3.8, 4) is 0 Å². The van der Waals surface area contributed by atoms with Crippen LogP contribution in [0.4, 0.5) is 0 Å². The van der Waals surface area contributed by atoms with Gasteiger partial charge in [0.25, 0.3) is 0 Å². The molecular weight excluding hydrogens is 565 g/mol. The highest BCUT2D eigenvalue weighted by Gasteiger charge is 2.40. The maximum atomic E-state index is 8.28. The predicted octanol–water partition coefficient (Wildman–Crippen LogP) is 5.09. The average Bonchev–Trinajstić information content (AvgIpc) is 2.82. The van der Waals surface area contributed by atoms with E-state index in [1.54, 1.807) is 0 Å². The van der Waals surface area contributed by atoms with Gasteiger partial charge >= 0.3 is 17.6 Å². The zero-order chi connectivity index (χ0) is 27.6. The molecular formula is C26H76N2O7Si4. The molecule has 0 radical (unpaired) electrons. The lowest BCUT2D eigenvalue weighted by molar-refractivity contribution is 0.0709. The van der Waals surface area contributed by atoms with Crippen molar-refractivity contribution in [3.05, 3.63) is 0 Å². The van der Waals surface area contributed by atoms with E-state index in [-0.39, 0.29) is 29.7 Å². The summed E-state index contributed by atoms with van der Waals surface area (Å²) >= 11 is 0. The van der Waals surface area contributed by atoms with Crippen LogP contribution in [0.25, 0.3) is 0 Å². The third-order valence-corrected chi connectivity index (χ3v) is 13.6. The number of rotatable bonds is 20. The van der Waals surface area contributed by atoms with Crippen molar-refractivity contribution in [3.63, 3.8) is 0 Å². The molecule has 0 saturated heterocycles. The van der Waals surface area contributed by atoms with Gasteiger partial charge in [-0.3, -0.25) is 0 Å². The summed E-state index contributed by atoms with van der Waals surface area (Å²) < 4.78 is 34.6. The highest BCUT2D eigenvalue weighted by atomic mass is 28.4. The molecule has 0 bridgehead atoms. The van der Waals surface area contributed by atoms with Crippen molar-refractivity contribution in [2.24, 2.45) is 11.5 Å². The first-order valence-electron chi connectivity index (χ1n) is 13.5. The van der Waals surface area contributed by atoms with E-state index in [4.69, 9.17) is 42.5 Å². The molecule has 0 spiro atoms. The molecule has 0 heterocycles. The van der Waals surface area contributed by atoms with E-state index in [0.717, 1.165) is 24.9 Å². The second-order valence-corrected chi connectivity index (χ2v) is 18.9. The van der Waals surface area contributed by atoms with Gasteiger partial charge in [0.05, 0.1) is 0 Å². The second kappa shape index (κ2) is 38.5. The van der Waals surface area contributed by atoms with E-state index in [2.05, 4.69) is 13.8 Å². The maximum Gasteiger partial charge on any atom is 0.500 e. The van der Waals surface area contributed by atoms with Gasteiger partial charge in [0.1, 0.15) is 0 Å². The van der Waals surface area contributed by atoms with Gasteiger partial charge in [0.15, 0.2) is 19.5 Å². The average molecular weight is 641 g/mol. The van der Waals surface area contributed by atoms with Crippen LogP contribution in [0.1, 0.15) is 105 Å². The van der Waals surface area contributed by atoms with E-state index in [1.807, 2.05) is 48.5 Å². The van der Waals surface area contributed by atoms with Crippen LogP contribution < -0.4 is 11.5 Å². The molecule has 5 N–H and O–H groups in total. The molecule has 0 aromatic rings. The Morgan fingerprint density at radius 3 is 1.10 bits per heavy atom. The Hall–Kier alpha value is 0.508. The van der Waals surface area contributed by atoms with Gasteiger partial charge in [-0.05, 0) is 71.6 Å². The molecule has 0 amide bonds. The van der Waals surface area contributed by atoms with Gasteiger partial charge in [-0.1, -0.05) is 57.4 Å². The monoisotopic (exact) mass is 640 g/mol. The van der Waals surface area contributed by atoms with Crippen LogP contribution in [0, 0.1) is 0 Å². The van der Waals surface area contributed by atoms with Crippen LogP contribution in [0.3, 0.4) is 0 Å². The first-order valence-corrected chi connectivity index (χ1v) is 20.2. The zero-order valence-corrected chi connectivity index (χ0v) is 29.2. The fourth-order valence-corrected chi connectivity index (χ4v) is 10.8. The van der Waals surface area contributed by atoms with Crippen molar-refractivity contribution >= 4 is 37.1 Å². The third kappa shape index (κ3) is 34.6. The molecule has 9 nitrogen and oxygen atoms in total. The topological polar surface area (TPSA) is 128 Å². The minimum Gasteiger partial charge on any atom is -0.438 e. The summed E-state index contributed by atoms with van der Waals surface area (Å²) in [5.74, 6) is 0.